The van der Waals surface area contributed by atoms with E-state index in [-0.39, 0.29) is 23.7 Å². The van der Waals surface area contributed by atoms with Crippen LogP contribution < -0.4 is 5.73 Å². The van der Waals surface area contributed by atoms with E-state index in [1.54, 1.807) is 0 Å². The summed E-state index contributed by atoms with van der Waals surface area (Å²) in [5.74, 6) is 0.180. The van der Waals surface area contributed by atoms with E-state index in [2.05, 4.69) is 0 Å². The zero-order chi connectivity index (χ0) is 15.3. The van der Waals surface area contributed by atoms with Gasteiger partial charge in [-0.1, -0.05) is 0 Å². The fraction of sp³-hybridized carbons (Fsp3) is 0.938. The number of hydrogen-bond acceptors (Lipinski definition) is 4. The number of nitrogens with zero attached hydrogens (tertiary/aromatic N) is 1. The SMILES string of the molecule is CC(C)(N)CCC(=O)N(CC1CCCO1)CC1CCCO1. The lowest BCUT2D eigenvalue weighted by Crippen LogP contribution is -2.43. The molecule has 2 aliphatic rings. The Morgan fingerprint density at radius 2 is 1.67 bits per heavy atom. The highest BCUT2D eigenvalue weighted by Crippen LogP contribution is 2.19. The van der Waals surface area contributed by atoms with Gasteiger partial charge in [-0.2, -0.15) is 0 Å². The molecule has 2 unspecified atom stereocenters. The Morgan fingerprint density at radius 3 is 2.05 bits per heavy atom. The molecule has 2 saturated heterocycles. The zero-order valence-corrected chi connectivity index (χ0v) is 13.5. The minimum absolute atomic E-state index is 0.180. The Balaban J connectivity index is 1.87. The molecule has 2 rings (SSSR count). The van der Waals surface area contributed by atoms with Crippen LogP contribution >= 0.6 is 0 Å². The summed E-state index contributed by atoms with van der Waals surface area (Å²) in [4.78, 5) is 14.5. The van der Waals surface area contributed by atoms with Crippen molar-refractivity contribution >= 4 is 5.91 Å². The van der Waals surface area contributed by atoms with Crippen molar-refractivity contribution in [1.82, 2.24) is 4.90 Å². The second-order valence-electron chi connectivity index (χ2n) is 7.06. The topological polar surface area (TPSA) is 64.8 Å². The molecule has 0 aliphatic carbocycles. The van der Waals surface area contributed by atoms with Crippen molar-refractivity contribution in [2.45, 2.75) is 70.1 Å². The third-order valence-corrected chi connectivity index (χ3v) is 4.23. The minimum Gasteiger partial charge on any atom is -0.376 e. The van der Waals surface area contributed by atoms with E-state index in [1.807, 2.05) is 18.7 Å². The standard InChI is InChI=1S/C16H30N2O3/c1-16(2,17)8-7-15(19)18(11-13-5-3-9-20-13)12-14-6-4-10-21-14/h13-14H,3-12,17H2,1-2H3. The number of carbonyl (C=O) groups is 1. The monoisotopic (exact) mass is 298 g/mol. The van der Waals surface area contributed by atoms with Gasteiger partial charge in [0.25, 0.3) is 0 Å². The first kappa shape index (κ1) is 16.7. The summed E-state index contributed by atoms with van der Waals surface area (Å²) in [5.41, 5.74) is 5.69. The molecule has 0 bridgehead atoms. The molecule has 122 valence electrons. The van der Waals surface area contributed by atoms with Crippen LogP contribution in [-0.4, -0.2) is 54.9 Å². The molecule has 5 heteroatoms. The Kier molecular flexibility index (Phi) is 6.02. The molecule has 0 saturated carbocycles. The van der Waals surface area contributed by atoms with Crippen LogP contribution in [0.25, 0.3) is 0 Å². The molecule has 5 nitrogen and oxygen atoms in total. The van der Waals surface area contributed by atoms with Crippen molar-refractivity contribution in [3.05, 3.63) is 0 Å². The largest absolute Gasteiger partial charge is 0.376 e. The maximum atomic E-state index is 12.5. The van der Waals surface area contributed by atoms with Gasteiger partial charge in [0.15, 0.2) is 0 Å². The molecule has 1 amide bonds. The molecule has 2 aliphatic heterocycles. The fourth-order valence-electron chi connectivity index (χ4n) is 2.93. The van der Waals surface area contributed by atoms with Gasteiger partial charge in [0, 0.05) is 38.3 Å². The number of amides is 1. The van der Waals surface area contributed by atoms with E-state index in [0.29, 0.717) is 25.9 Å². The Hall–Kier alpha value is -0.650. The fourth-order valence-corrected chi connectivity index (χ4v) is 2.93. The van der Waals surface area contributed by atoms with Crippen LogP contribution in [0, 0.1) is 0 Å². The first-order valence-electron chi connectivity index (χ1n) is 8.24. The molecule has 0 spiro atoms. The summed E-state index contributed by atoms with van der Waals surface area (Å²) in [6, 6.07) is 0. The van der Waals surface area contributed by atoms with Crippen LogP contribution in [-0.2, 0) is 14.3 Å². The molecule has 2 fully saturated rings. The van der Waals surface area contributed by atoms with Crippen LogP contribution in [0.1, 0.15) is 52.4 Å². The van der Waals surface area contributed by atoms with Gasteiger partial charge >= 0.3 is 0 Å². The second-order valence-corrected chi connectivity index (χ2v) is 7.06. The third kappa shape index (κ3) is 5.93. The number of nitrogens with two attached hydrogens (primary N) is 1. The van der Waals surface area contributed by atoms with Crippen LogP contribution in [0.2, 0.25) is 0 Å². The van der Waals surface area contributed by atoms with Crippen molar-refractivity contribution in [2.24, 2.45) is 5.73 Å². The van der Waals surface area contributed by atoms with Gasteiger partial charge in [-0.15, -0.1) is 0 Å². The molecule has 0 radical (unpaired) electrons. The smallest absolute Gasteiger partial charge is 0.222 e. The molecular formula is C16H30N2O3. The summed E-state index contributed by atoms with van der Waals surface area (Å²) in [6.45, 7) is 6.97. The average Bonchev–Trinajstić information content (AvgIpc) is 3.07. The van der Waals surface area contributed by atoms with Crippen LogP contribution in [0.3, 0.4) is 0 Å². The first-order chi connectivity index (χ1) is 9.94. The average molecular weight is 298 g/mol. The van der Waals surface area contributed by atoms with Crippen molar-refractivity contribution in [3.63, 3.8) is 0 Å². The highest BCUT2D eigenvalue weighted by Gasteiger charge is 2.27. The van der Waals surface area contributed by atoms with Gasteiger partial charge < -0.3 is 20.1 Å². The molecule has 0 aromatic carbocycles. The van der Waals surface area contributed by atoms with E-state index in [1.165, 1.54) is 0 Å². The summed E-state index contributed by atoms with van der Waals surface area (Å²) < 4.78 is 11.4. The summed E-state index contributed by atoms with van der Waals surface area (Å²) >= 11 is 0. The highest BCUT2D eigenvalue weighted by atomic mass is 16.5. The second kappa shape index (κ2) is 7.56. The Morgan fingerprint density at radius 1 is 1.14 bits per heavy atom. The Labute approximate surface area is 128 Å². The van der Waals surface area contributed by atoms with Gasteiger partial charge in [0.1, 0.15) is 0 Å². The molecular weight excluding hydrogens is 268 g/mol. The number of ether oxygens (including phenoxy) is 2. The van der Waals surface area contributed by atoms with Gasteiger partial charge in [-0.25, -0.2) is 0 Å². The van der Waals surface area contributed by atoms with Gasteiger partial charge in [0.05, 0.1) is 12.2 Å². The van der Waals surface area contributed by atoms with Crippen molar-refractivity contribution in [1.29, 1.82) is 0 Å². The zero-order valence-electron chi connectivity index (χ0n) is 13.5. The van der Waals surface area contributed by atoms with Gasteiger partial charge in [0.2, 0.25) is 5.91 Å². The third-order valence-electron chi connectivity index (χ3n) is 4.23. The van der Waals surface area contributed by atoms with Gasteiger partial charge in [-0.3, -0.25) is 4.79 Å². The molecule has 2 atom stereocenters. The molecule has 2 N–H and O–H groups in total. The van der Waals surface area contributed by atoms with Crippen LogP contribution in [0.15, 0.2) is 0 Å². The van der Waals surface area contributed by atoms with E-state index in [4.69, 9.17) is 15.2 Å². The molecule has 0 aromatic heterocycles. The predicted octanol–water partition coefficient (Wildman–Crippen LogP) is 1.69. The van der Waals surface area contributed by atoms with Gasteiger partial charge in [-0.05, 0) is 46.0 Å². The number of rotatable bonds is 7. The lowest BCUT2D eigenvalue weighted by molar-refractivity contribution is -0.134. The lowest BCUT2D eigenvalue weighted by Gasteiger charge is -2.29. The minimum atomic E-state index is -0.297. The normalized spacial score (nSPS) is 26.2. The van der Waals surface area contributed by atoms with Crippen molar-refractivity contribution in [3.8, 4) is 0 Å². The number of hydrogen-bond donors (Lipinski definition) is 1. The van der Waals surface area contributed by atoms with E-state index < -0.39 is 0 Å². The maximum absolute atomic E-state index is 12.5. The first-order valence-corrected chi connectivity index (χ1v) is 8.24. The van der Waals surface area contributed by atoms with Crippen LogP contribution in [0.5, 0.6) is 0 Å². The Bertz CT molecular complexity index is 311. The summed E-state index contributed by atoms with van der Waals surface area (Å²) in [5, 5.41) is 0. The summed E-state index contributed by atoms with van der Waals surface area (Å²) in [7, 11) is 0. The summed E-state index contributed by atoms with van der Waals surface area (Å²) in [6.07, 6.45) is 5.91. The van der Waals surface area contributed by atoms with Crippen molar-refractivity contribution in [2.75, 3.05) is 26.3 Å². The predicted molar refractivity (Wildman–Crippen MR) is 82.0 cm³/mol. The lowest BCUT2D eigenvalue weighted by atomic mass is 9.99. The molecule has 0 aromatic rings. The quantitative estimate of drug-likeness (QED) is 0.777. The number of carbonyl (C=O) groups excluding carboxylic acids is 1. The molecule has 2 heterocycles. The molecule has 21 heavy (non-hydrogen) atoms. The maximum Gasteiger partial charge on any atom is 0.222 e. The highest BCUT2D eigenvalue weighted by molar-refractivity contribution is 5.76. The van der Waals surface area contributed by atoms with E-state index in [9.17, 15) is 4.79 Å². The van der Waals surface area contributed by atoms with Crippen molar-refractivity contribution < 1.29 is 14.3 Å². The van der Waals surface area contributed by atoms with E-state index >= 15 is 0 Å². The van der Waals surface area contributed by atoms with E-state index in [0.717, 1.165) is 38.9 Å². The van der Waals surface area contributed by atoms with Crippen LogP contribution in [0.4, 0.5) is 0 Å².